The van der Waals surface area contributed by atoms with Crippen LogP contribution in [0.25, 0.3) is 0 Å². The number of ketones is 1. The average molecular weight is 268 g/mol. The van der Waals surface area contributed by atoms with E-state index in [2.05, 4.69) is 32.0 Å². The van der Waals surface area contributed by atoms with Crippen molar-refractivity contribution >= 4 is 5.78 Å². The monoisotopic (exact) mass is 268 g/mol. The van der Waals surface area contributed by atoms with Gasteiger partial charge in [0.15, 0.2) is 5.78 Å². The van der Waals surface area contributed by atoms with Gasteiger partial charge in [0.05, 0.1) is 0 Å². The second-order valence-electron chi connectivity index (χ2n) is 5.37. The van der Waals surface area contributed by atoms with Crippen molar-refractivity contribution in [1.82, 2.24) is 0 Å². The number of hydrogen-bond donors (Lipinski definition) is 0. The van der Waals surface area contributed by atoms with E-state index >= 15 is 0 Å². The van der Waals surface area contributed by atoms with E-state index in [1.807, 2.05) is 19.1 Å². The molecule has 0 aliphatic heterocycles. The summed E-state index contributed by atoms with van der Waals surface area (Å²) in [7, 11) is 0. The van der Waals surface area contributed by atoms with Gasteiger partial charge in [0.1, 0.15) is 11.5 Å². The Balaban J connectivity index is 2.32. The highest BCUT2D eigenvalue weighted by molar-refractivity contribution is 5.94. The van der Waals surface area contributed by atoms with E-state index in [-0.39, 0.29) is 5.78 Å². The SMILES string of the molecule is CC(=O)c1cccc(Oc2cc(C(C)C)ccc2C)c1. The Morgan fingerprint density at radius 2 is 1.85 bits per heavy atom. The Morgan fingerprint density at radius 1 is 1.10 bits per heavy atom. The molecule has 0 unspecified atom stereocenters. The molecule has 0 amide bonds. The lowest BCUT2D eigenvalue weighted by Crippen LogP contribution is -1.95. The van der Waals surface area contributed by atoms with Gasteiger partial charge in [0, 0.05) is 5.56 Å². The molecule has 0 spiro atoms. The molecule has 2 nitrogen and oxygen atoms in total. The van der Waals surface area contributed by atoms with E-state index < -0.39 is 0 Å². The zero-order chi connectivity index (χ0) is 14.7. The standard InChI is InChI=1S/C18H20O2/c1-12(2)15-9-8-13(3)18(11-15)20-17-7-5-6-16(10-17)14(4)19/h5-12H,1-4H3. The van der Waals surface area contributed by atoms with Crippen LogP contribution in [0.2, 0.25) is 0 Å². The third-order valence-corrected chi connectivity index (χ3v) is 3.35. The molecule has 0 saturated carbocycles. The molecule has 0 atom stereocenters. The molecule has 0 fully saturated rings. The summed E-state index contributed by atoms with van der Waals surface area (Å²) in [6.07, 6.45) is 0. The van der Waals surface area contributed by atoms with Gasteiger partial charge in [0.25, 0.3) is 0 Å². The lowest BCUT2D eigenvalue weighted by atomic mass is 10.0. The van der Waals surface area contributed by atoms with Crippen molar-refractivity contribution in [3.63, 3.8) is 0 Å². The van der Waals surface area contributed by atoms with E-state index in [0.717, 1.165) is 11.3 Å². The van der Waals surface area contributed by atoms with Crippen molar-refractivity contribution in [3.8, 4) is 11.5 Å². The summed E-state index contributed by atoms with van der Waals surface area (Å²) in [5.74, 6) is 2.04. The molecule has 2 rings (SSSR count). The number of ether oxygens (including phenoxy) is 1. The van der Waals surface area contributed by atoms with Crippen molar-refractivity contribution in [3.05, 3.63) is 59.2 Å². The van der Waals surface area contributed by atoms with Crippen LogP contribution in [0.3, 0.4) is 0 Å². The minimum absolute atomic E-state index is 0.0445. The van der Waals surface area contributed by atoms with Crippen molar-refractivity contribution in [1.29, 1.82) is 0 Å². The molecular weight excluding hydrogens is 248 g/mol. The van der Waals surface area contributed by atoms with Crippen LogP contribution in [0.1, 0.15) is 48.2 Å². The van der Waals surface area contributed by atoms with Gasteiger partial charge in [0.2, 0.25) is 0 Å². The molecule has 20 heavy (non-hydrogen) atoms. The summed E-state index contributed by atoms with van der Waals surface area (Å²) < 4.78 is 5.94. The number of rotatable bonds is 4. The van der Waals surface area contributed by atoms with Crippen molar-refractivity contribution < 1.29 is 9.53 Å². The quantitative estimate of drug-likeness (QED) is 0.720. The maximum Gasteiger partial charge on any atom is 0.159 e. The number of benzene rings is 2. The third-order valence-electron chi connectivity index (χ3n) is 3.35. The molecule has 0 radical (unpaired) electrons. The predicted molar refractivity (Wildman–Crippen MR) is 81.8 cm³/mol. The number of carbonyl (C=O) groups excluding carboxylic acids is 1. The fraction of sp³-hybridized carbons (Fsp3) is 0.278. The summed E-state index contributed by atoms with van der Waals surface area (Å²) in [4.78, 5) is 11.4. The molecule has 2 heteroatoms. The Hall–Kier alpha value is -2.09. The molecule has 0 bridgehead atoms. The maximum absolute atomic E-state index is 11.4. The lowest BCUT2D eigenvalue weighted by Gasteiger charge is -2.13. The molecule has 0 N–H and O–H groups in total. The highest BCUT2D eigenvalue weighted by Gasteiger charge is 2.07. The largest absolute Gasteiger partial charge is 0.457 e. The molecule has 0 heterocycles. The van der Waals surface area contributed by atoms with E-state index in [0.29, 0.717) is 17.2 Å². The topological polar surface area (TPSA) is 26.3 Å². The molecule has 0 saturated heterocycles. The lowest BCUT2D eigenvalue weighted by molar-refractivity contribution is 0.101. The van der Waals surface area contributed by atoms with E-state index in [4.69, 9.17) is 4.74 Å². The van der Waals surface area contributed by atoms with Gasteiger partial charge in [-0.25, -0.2) is 0 Å². The van der Waals surface area contributed by atoms with Gasteiger partial charge < -0.3 is 4.74 Å². The second-order valence-corrected chi connectivity index (χ2v) is 5.37. The first-order valence-corrected chi connectivity index (χ1v) is 6.87. The Labute approximate surface area is 120 Å². The van der Waals surface area contributed by atoms with Crippen LogP contribution in [0.5, 0.6) is 11.5 Å². The molecule has 104 valence electrons. The normalized spacial score (nSPS) is 10.7. The van der Waals surface area contributed by atoms with Gasteiger partial charge in [-0.2, -0.15) is 0 Å². The highest BCUT2D eigenvalue weighted by atomic mass is 16.5. The van der Waals surface area contributed by atoms with Gasteiger partial charge >= 0.3 is 0 Å². The number of carbonyl (C=O) groups is 1. The fourth-order valence-electron chi connectivity index (χ4n) is 1.99. The van der Waals surface area contributed by atoms with Gasteiger partial charge in [-0.1, -0.05) is 38.1 Å². The van der Waals surface area contributed by atoms with Gasteiger partial charge in [-0.15, -0.1) is 0 Å². The molecular formula is C18H20O2. The molecule has 2 aromatic rings. The second kappa shape index (κ2) is 5.91. The first kappa shape index (κ1) is 14.3. The van der Waals surface area contributed by atoms with E-state index in [9.17, 15) is 4.79 Å². The van der Waals surface area contributed by atoms with Crippen molar-refractivity contribution in [2.75, 3.05) is 0 Å². The maximum atomic E-state index is 11.4. The number of hydrogen-bond acceptors (Lipinski definition) is 2. The summed E-state index contributed by atoms with van der Waals surface area (Å²) >= 11 is 0. The van der Waals surface area contributed by atoms with Crippen LogP contribution < -0.4 is 4.74 Å². The van der Waals surface area contributed by atoms with E-state index in [1.54, 1.807) is 19.1 Å². The first-order chi connectivity index (χ1) is 9.47. The number of Topliss-reactive ketones (excluding diaryl/α,β-unsaturated/α-hetero) is 1. The highest BCUT2D eigenvalue weighted by Crippen LogP contribution is 2.29. The summed E-state index contributed by atoms with van der Waals surface area (Å²) in [5, 5.41) is 0. The van der Waals surface area contributed by atoms with Crippen molar-refractivity contribution in [2.24, 2.45) is 0 Å². The van der Waals surface area contributed by atoms with Gasteiger partial charge in [-0.3, -0.25) is 4.79 Å². The van der Waals surface area contributed by atoms with Crippen LogP contribution in [0, 0.1) is 6.92 Å². The first-order valence-electron chi connectivity index (χ1n) is 6.87. The number of aryl methyl sites for hydroxylation is 1. The van der Waals surface area contributed by atoms with Crippen LogP contribution >= 0.6 is 0 Å². The minimum Gasteiger partial charge on any atom is -0.457 e. The molecule has 2 aromatic carbocycles. The molecule has 0 aromatic heterocycles. The van der Waals surface area contributed by atoms with Crippen LogP contribution in [0.15, 0.2) is 42.5 Å². The Bertz CT molecular complexity index is 627. The third kappa shape index (κ3) is 3.27. The average Bonchev–Trinajstić information content (AvgIpc) is 2.41. The summed E-state index contributed by atoms with van der Waals surface area (Å²) in [6, 6.07) is 13.6. The minimum atomic E-state index is 0.0445. The smallest absolute Gasteiger partial charge is 0.159 e. The van der Waals surface area contributed by atoms with Crippen LogP contribution in [-0.2, 0) is 0 Å². The molecule has 0 aliphatic rings. The van der Waals surface area contributed by atoms with Crippen molar-refractivity contribution in [2.45, 2.75) is 33.6 Å². The zero-order valence-electron chi connectivity index (χ0n) is 12.4. The van der Waals surface area contributed by atoms with Gasteiger partial charge in [-0.05, 0) is 49.1 Å². The summed E-state index contributed by atoms with van der Waals surface area (Å²) in [5.41, 5.74) is 3.00. The predicted octanol–water partition coefficient (Wildman–Crippen LogP) is 5.11. The zero-order valence-corrected chi connectivity index (χ0v) is 12.4. The van der Waals surface area contributed by atoms with Crippen LogP contribution in [0.4, 0.5) is 0 Å². The molecule has 0 aliphatic carbocycles. The fourth-order valence-corrected chi connectivity index (χ4v) is 1.99. The van der Waals surface area contributed by atoms with E-state index in [1.165, 1.54) is 5.56 Å². The Morgan fingerprint density at radius 3 is 2.50 bits per heavy atom. The van der Waals surface area contributed by atoms with Crippen LogP contribution in [-0.4, -0.2) is 5.78 Å². The summed E-state index contributed by atoms with van der Waals surface area (Å²) in [6.45, 7) is 7.90. The Kier molecular flexibility index (Phi) is 4.23.